The van der Waals surface area contributed by atoms with Crippen LogP contribution in [0.5, 0.6) is 0 Å². The van der Waals surface area contributed by atoms with Crippen LogP contribution in [-0.2, 0) is 45.4 Å². The number of aliphatic hydroxyl groups is 1. The minimum Gasteiger partial charge on any atom is -0.386 e. The average molecular weight is 538 g/mol. The summed E-state index contributed by atoms with van der Waals surface area (Å²) in [6, 6.07) is 40.1. The van der Waals surface area contributed by atoms with Crippen LogP contribution in [0.4, 0.5) is 0 Å². The van der Waals surface area contributed by atoms with Crippen LogP contribution in [0, 0.1) is 0 Å². The molecule has 0 spiro atoms. The van der Waals surface area contributed by atoms with Crippen LogP contribution in [0.2, 0.25) is 0 Å². The summed E-state index contributed by atoms with van der Waals surface area (Å²) in [6.07, 6.45) is -0.704. The molecule has 4 aromatic rings. The number of hydrogen-bond acceptors (Lipinski definition) is 5. The molecule has 5 nitrogen and oxygen atoms in total. The van der Waals surface area contributed by atoms with E-state index in [9.17, 15) is 5.11 Å². The van der Waals surface area contributed by atoms with E-state index in [-0.39, 0.29) is 0 Å². The van der Waals surface area contributed by atoms with Gasteiger partial charge in [-0.15, -0.1) is 0 Å². The Morgan fingerprint density at radius 3 is 1.32 bits per heavy atom. The molecule has 0 saturated heterocycles. The van der Waals surface area contributed by atoms with Crippen LogP contribution in [0.25, 0.3) is 0 Å². The van der Waals surface area contributed by atoms with E-state index in [2.05, 4.69) is 0 Å². The molecule has 0 aliphatic heterocycles. The van der Waals surface area contributed by atoms with E-state index < -0.39 is 24.4 Å². The summed E-state index contributed by atoms with van der Waals surface area (Å²) in [6.45, 7) is 1.89. The fraction of sp³-hybridized carbons (Fsp3) is 0.257. The highest BCUT2D eigenvalue weighted by atomic mass is 16.6. The van der Waals surface area contributed by atoms with Gasteiger partial charge in [-0.05, 0) is 33.9 Å². The number of rotatable bonds is 13. The molecule has 4 aromatic carbocycles. The fourth-order valence-corrected chi connectivity index (χ4v) is 4.85. The number of benzene rings is 4. The van der Waals surface area contributed by atoms with Crippen molar-refractivity contribution in [3.05, 3.63) is 155 Å². The van der Waals surface area contributed by atoms with Crippen molar-refractivity contribution in [2.45, 2.75) is 50.8 Å². The first-order valence-corrected chi connectivity index (χ1v) is 13.7. The molecule has 0 unspecified atom stereocenters. The van der Waals surface area contributed by atoms with Crippen LogP contribution in [0.3, 0.4) is 0 Å². The summed E-state index contributed by atoms with van der Waals surface area (Å²) in [7, 11) is 0. The lowest BCUT2D eigenvalue weighted by Gasteiger charge is -2.40. The van der Waals surface area contributed by atoms with Crippen molar-refractivity contribution >= 4 is 0 Å². The maximum absolute atomic E-state index is 11.3. The summed E-state index contributed by atoms with van der Waals surface area (Å²) in [4.78, 5) is 0. The molecule has 0 saturated carbocycles. The van der Waals surface area contributed by atoms with Gasteiger partial charge >= 0.3 is 0 Å². The third kappa shape index (κ3) is 7.98. The van der Waals surface area contributed by atoms with Crippen molar-refractivity contribution in [3.8, 4) is 0 Å². The fourth-order valence-electron chi connectivity index (χ4n) is 4.85. The van der Waals surface area contributed by atoms with Crippen LogP contribution >= 0.6 is 0 Å². The van der Waals surface area contributed by atoms with E-state index in [1.54, 1.807) is 0 Å². The van der Waals surface area contributed by atoms with Crippen molar-refractivity contribution < 1.29 is 24.1 Å². The lowest BCUT2D eigenvalue weighted by molar-refractivity contribution is -0.173. The van der Waals surface area contributed by atoms with Gasteiger partial charge in [-0.1, -0.05) is 121 Å². The van der Waals surface area contributed by atoms with Gasteiger partial charge in [-0.3, -0.25) is 0 Å². The first kappa shape index (κ1) is 28.0. The highest BCUT2D eigenvalue weighted by Crippen LogP contribution is 2.30. The third-order valence-corrected chi connectivity index (χ3v) is 6.93. The molecule has 0 radical (unpaired) electrons. The Balaban J connectivity index is 1.38. The van der Waals surface area contributed by atoms with Gasteiger partial charge in [0.05, 0.1) is 33.0 Å². The molecule has 5 heteroatoms. The zero-order chi connectivity index (χ0) is 27.4. The Labute approximate surface area is 236 Å². The molecule has 1 N–H and O–H groups in total. The molecule has 0 heterocycles. The van der Waals surface area contributed by atoms with Gasteiger partial charge in [0.25, 0.3) is 0 Å². The quantitative estimate of drug-likeness (QED) is 0.161. The second kappa shape index (κ2) is 14.7. The number of ether oxygens (including phenoxy) is 4. The van der Waals surface area contributed by atoms with E-state index in [4.69, 9.17) is 18.9 Å². The topological polar surface area (TPSA) is 57.2 Å². The standard InChI is InChI=1S/C35H36O5/c36-32-21-31(26-37-22-27-13-5-1-6-14-27)33(38-23-28-15-7-2-8-16-28)35(40-25-30-19-11-4-12-20-30)34(32)39-24-29-17-9-3-10-18-29/h1-21,32-36H,22-26H2/t32-,33-,34+,35+/m1/s1/i32+1. The molecule has 40 heavy (non-hydrogen) atoms. The summed E-state index contributed by atoms with van der Waals surface area (Å²) in [5.41, 5.74) is 5.05. The molecule has 1 aliphatic rings. The van der Waals surface area contributed by atoms with E-state index in [0.29, 0.717) is 33.0 Å². The first-order chi connectivity index (χ1) is 19.8. The molecule has 0 amide bonds. The molecule has 0 bridgehead atoms. The van der Waals surface area contributed by atoms with Gasteiger partial charge in [-0.2, -0.15) is 0 Å². The Kier molecular flexibility index (Phi) is 10.3. The van der Waals surface area contributed by atoms with Gasteiger partial charge in [0.15, 0.2) is 0 Å². The Morgan fingerprint density at radius 2 is 0.850 bits per heavy atom. The molecule has 4 atom stereocenters. The largest absolute Gasteiger partial charge is 0.386 e. The molecular formula is C35H36O5. The van der Waals surface area contributed by atoms with Crippen molar-refractivity contribution in [1.82, 2.24) is 0 Å². The minimum atomic E-state index is -0.878. The second-order valence-electron chi connectivity index (χ2n) is 9.95. The van der Waals surface area contributed by atoms with Crippen LogP contribution in [-0.4, -0.2) is 36.1 Å². The van der Waals surface area contributed by atoms with E-state index in [0.717, 1.165) is 27.8 Å². The molecule has 206 valence electrons. The van der Waals surface area contributed by atoms with Gasteiger partial charge in [0.2, 0.25) is 0 Å². The summed E-state index contributed by atoms with van der Waals surface area (Å²) >= 11 is 0. The first-order valence-electron chi connectivity index (χ1n) is 13.7. The molecule has 5 rings (SSSR count). The molecule has 0 fully saturated rings. The van der Waals surface area contributed by atoms with Crippen molar-refractivity contribution in [1.29, 1.82) is 0 Å². The normalized spacial score (nSPS) is 20.7. The Bertz CT molecular complexity index is 1290. The predicted molar refractivity (Wildman–Crippen MR) is 155 cm³/mol. The smallest absolute Gasteiger partial charge is 0.117 e. The molecule has 0 aromatic heterocycles. The minimum absolute atomic E-state index is 0.308. The molecular weight excluding hydrogens is 501 g/mol. The summed E-state index contributed by atoms with van der Waals surface area (Å²) in [5.74, 6) is 0. The van der Waals surface area contributed by atoms with Gasteiger partial charge in [0, 0.05) is 0 Å². The maximum atomic E-state index is 11.3. The van der Waals surface area contributed by atoms with E-state index in [1.165, 1.54) is 0 Å². The van der Waals surface area contributed by atoms with Crippen molar-refractivity contribution in [2.24, 2.45) is 0 Å². The summed E-state index contributed by atoms with van der Waals surface area (Å²) < 4.78 is 25.5. The SMILES string of the molecule is O[13C@@H]1C=C(COCc2ccccc2)[C@@H](OCc2ccccc2)[C@H](OCc2ccccc2)[C@H]1OCc1ccccc1. The molecule has 1 aliphatic carbocycles. The zero-order valence-corrected chi connectivity index (χ0v) is 22.5. The van der Waals surface area contributed by atoms with Crippen LogP contribution in [0.15, 0.2) is 133 Å². The van der Waals surface area contributed by atoms with E-state index >= 15 is 0 Å². The summed E-state index contributed by atoms with van der Waals surface area (Å²) in [5, 5.41) is 11.3. The lowest BCUT2D eigenvalue weighted by atomic mass is 9.97. The van der Waals surface area contributed by atoms with Crippen LogP contribution in [0.1, 0.15) is 22.3 Å². The van der Waals surface area contributed by atoms with Gasteiger partial charge < -0.3 is 24.1 Å². The highest BCUT2D eigenvalue weighted by Gasteiger charge is 2.42. The number of hydrogen-bond donors (Lipinski definition) is 1. The zero-order valence-electron chi connectivity index (χ0n) is 22.5. The third-order valence-electron chi connectivity index (χ3n) is 6.93. The monoisotopic (exact) mass is 537 g/mol. The second-order valence-corrected chi connectivity index (χ2v) is 9.95. The Hall–Kier alpha value is -3.58. The maximum Gasteiger partial charge on any atom is 0.117 e. The predicted octanol–water partition coefficient (Wildman–Crippen LogP) is 6.26. The highest BCUT2D eigenvalue weighted by molar-refractivity contribution is 5.24. The van der Waals surface area contributed by atoms with Gasteiger partial charge in [0.1, 0.15) is 24.4 Å². The van der Waals surface area contributed by atoms with Crippen molar-refractivity contribution in [2.75, 3.05) is 6.61 Å². The van der Waals surface area contributed by atoms with E-state index in [1.807, 2.05) is 127 Å². The van der Waals surface area contributed by atoms with Crippen molar-refractivity contribution in [3.63, 3.8) is 0 Å². The van der Waals surface area contributed by atoms with Gasteiger partial charge in [-0.25, -0.2) is 0 Å². The average Bonchev–Trinajstić information content (AvgIpc) is 3.01. The number of aliphatic hydroxyl groups excluding tert-OH is 1. The Morgan fingerprint density at radius 1 is 0.450 bits per heavy atom. The lowest BCUT2D eigenvalue weighted by Crippen LogP contribution is -2.52. The van der Waals surface area contributed by atoms with Crippen LogP contribution < -0.4 is 0 Å².